The molecule has 86 valence electrons. The minimum absolute atomic E-state index is 0.156. The fraction of sp³-hybridized carbons (Fsp3) is 0.300. The van der Waals surface area contributed by atoms with Crippen LogP contribution in [0.5, 0.6) is 0 Å². The maximum absolute atomic E-state index is 11.7. The summed E-state index contributed by atoms with van der Waals surface area (Å²) in [5, 5.41) is 9.35. The van der Waals surface area contributed by atoms with Crippen molar-refractivity contribution in [2.45, 2.75) is 10.8 Å². The van der Waals surface area contributed by atoms with E-state index in [0.717, 1.165) is 0 Å². The van der Waals surface area contributed by atoms with Crippen LogP contribution in [0.2, 0.25) is 0 Å². The molecule has 0 saturated carbocycles. The van der Waals surface area contributed by atoms with Gasteiger partial charge in [-0.2, -0.15) is 5.26 Å². The Kier molecular flexibility index (Phi) is 4.47. The maximum Gasteiger partial charge on any atom is 0.240 e. The number of benzene rings is 1. The zero-order chi connectivity index (χ0) is 12.2. The molecule has 0 spiro atoms. The third-order valence-corrected chi connectivity index (χ3v) is 4.30. The fourth-order valence-electron chi connectivity index (χ4n) is 1.31. The largest absolute Gasteiger partial charge is 0.240 e. The number of nitriles is 1. The van der Waals surface area contributed by atoms with Crippen LogP contribution in [0.4, 0.5) is 0 Å². The molecule has 0 aliphatic carbocycles. The number of halogens is 1. The summed E-state index contributed by atoms with van der Waals surface area (Å²) < 4.78 is 25.7. The summed E-state index contributed by atoms with van der Waals surface area (Å²) in [4.78, 5) is 0.156. The third-order valence-electron chi connectivity index (χ3n) is 2.16. The van der Waals surface area contributed by atoms with Crippen LogP contribution in [-0.2, 0) is 10.0 Å². The second-order valence-corrected chi connectivity index (χ2v) is 5.58. The van der Waals surface area contributed by atoms with Crippen LogP contribution >= 0.6 is 15.9 Å². The van der Waals surface area contributed by atoms with Crippen LogP contribution < -0.4 is 4.72 Å². The highest BCUT2D eigenvalue weighted by atomic mass is 79.9. The van der Waals surface area contributed by atoms with Crippen molar-refractivity contribution >= 4 is 26.0 Å². The minimum atomic E-state index is -3.52. The molecule has 1 atom stereocenters. The topological polar surface area (TPSA) is 70.0 Å². The van der Waals surface area contributed by atoms with Crippen LogP contribution in [0.1, 0.15) is 11.5 Å². The normalized spacial score (nSPS) is 13.1. The number of hydrogen-bond donors (Lipinski definition) is 1. The van der Waals surface area contributed by atoms with Gasteiger partial charge in [0.15, 0.2) is 0 Å². The van der Waals surface area contributed by atoms with Crippen molar-refractivity contribution in [2.24, 2.45) is 0 Å². The molecule has 0 saturated heterocycles. The Balaban J connectivity index is 3.38. The van der Waals surface area contributed by atoms with Gasteiger partial charge in [-0.05, 0) is 18.7 Å². The molecular weight excluding hydrogens is 292 g/mol. The van der Waals surface area contributed by atoms with Gasteiger partial charge >= 0.3 is 0 Å². The fourth-order valence-corrected chi connectivity index (χ4v) is 2.80. The Morgan fingerprint density at radius 1 is 1.50 bits per heavy atom. The van der Waals surface area contributed by atoms with Crippen molar-refractivity contribution in [2.75, 3.05) is 12.4 Å². The van der Waals surface area contributed by atoms with Gasteiger partial charge in [-0.25, -0.2) is 13.1 Å². The van der Waals surface area contributed by atoms with Gasteiger partial charge in [0.2, 0.25) is 10.0 Å². The molecule has 6 heteroatoms. The lowest BCUT2D eigenvalue weighted by Crippen LogP contribution is -2.21. The van der Waals surface area contributed by atoms with Crippen molar-refractivity contribution in [3.8, 4) is 6.07 Å². The lowest BCUT2D eigenvalue weighted by molar-refractivity contribution is 0.587. The molecule has 1 aromatic carbocycles. The first-order valence-electron chi connectivity index (χ1n) is 4.55. The summed E-state index contributed by atoms with van der Waals surface area (Å²) in [6.45, 7) is 0. The summed E-state index contributed by atoms with van der Waals surface area (Å²) >= 11 is 3.20. The standard InChI is InChI=1S/C10H11BrN2O2S/c1-13-16(14,15)10-5-3-2-4-9(10)8(6-11)7-12/h2-5,8,13H,6H2,1H3. The second-order valence-electron chi connectivity index (χ2n) is 3.08. The van der Waals surface area contributed by atoms with E-state index in [0.29, 0.717) is 10.9 Å². The Hall–Kier alpha value is -0.900. The lowest BCUT2D eigenvalue weighted by Gasteiger charge is -2.11. The highest BCUT2D eigenvalue weighted by Crippen LogP contribution is 2.24. The molecule has 1 aromatic rings. The monoisotopic (exact) mass is 302 g/mol. The van der Waals surface area contributed by atoms with Crippen molar-refractivity contribution in [3.63, 3.8) is 0 Å². The molecule has 0 aromatic heterocycles. The lowest BCUT2D eigenvalue weighted by atomic mass is 10.0. The molecule has 1 N–H and O–H groups in total. The van der Waals surface area contributed by atoms with Crippen LogP contribution in [0.15, 0.2) is 29.2 Å². The summed E-state index contributed by atoms with van der Waals surface area (Å²) in [5.41, 5.74) is 0.510. The smallest absolute Gasteiger partial charge is 0.214 e. The molecule has 1 rings (SSSR count). The molecule has 16 heavy (non-hydrogen) atoms. The number of alkyl halides is 1. The van der Waals surface area contributed by atoms with Crippen LogP contribution in [0.3, 0.4) is 0 Å². The first-order chi connectivity index (χ1) is 7.56. The second kappa shape index (κ2) is 5.43. The van der Waals surface area contributed by atoms with Crippen LogP contribution in [0.25, 0.3) is 0 Å². The zero-order valence-corrected chi connectivity index (χ0v) is 11.0. The Labute approximate surface area is 103 Å². The van der Waals surface area contributed by atoms with Crippen LogP contribution in [0, 0.1) is 11.3 Å². The van der Waals surface area contributed by atoms with Gasteiger partial charge in [-0.1, -0.05) is 34.1 Å². The quantitative estimate of drug-likeness (QED) is 0.859. The van der Waals surface area contributed by atoms with E-state index >= 15 is 0 Å². The minimum Gasteiger partial charge on any atom is -0.214 e. The van der Waals surface area contributed by atoms with E-state index < -0.39 is 15.9 Å². The van der Waals surface area contributed by atoms with Gasteiger partial charge in [0.25, 0.3) is 0 Å². The van der Waals surface area contributed by atoms with E-state index in [1.165, 1.54) is 13.1 Å². The Morgan fingerprint density at radius 3 is 2.62 bits per heavy atom. The van der Waals surface area contributed by atoms with E-state index in [2.05, 4.69) is 26.7 Å². The number of nitrogens with one attached hydrogen (secondary N) is 1. The molecule has 0 radical (unpaired) electrons. The summed E-state index contributed by atoms with van der Waals surface area (Å²) in [5.74, 6) is -0.473. The van der Waals surface area contributed by atoms with E-state index in [-0.39, 0.29) is 4.90 Å². The molecular formula is C10H11BrN2O2S. The van der Waals surface area contributed by atoms with Gasteiger partial charge in [-0.3, -0.25) is 0 Å². The predicted octanol–water partition coefficient (Wildman–Crippen LogP) is 1.60. The van der Waals surface area contributed by atoms with Crippen molar-refractivity contribution in [1.82, 2.24) is 4.72 Å². The van der Waals surface area contributed by atoms with E-state index in [9.17, 15) is 8.42 Å². The molecule has 0 aliphatic rings. The Morgan fingerprint density at radius 2 is 2.12 bits per heavy atom. The molecule has 0 bridgehead atoms. The Bertz CT molecular complexity index is 508. The van der Waals surface area contributed by atoms with Crippen LogP contribution in [-0.4, -0.2) is 20.8 Å². The average Bonchev–Trinajstić information content (AvgIpc) is 2.31. The zero-order valence-electron chi connectivity index (χ0n) is 8.64. The summed E-state index contributed by atoms with van der Waals surface area (Å²) in [6, 6.07) is 8.57. The van der Waals surface area contributed by atoms with Crippen molar-refractivity contribution in [1.29, 1.82) is 5.26 Å². The predicted molar refractivity (Wildman–Crippen MR) is 64.8 cm³/mol. The van der Waals surface area contributed by atoms with E-state index in [1.54, 1.807) is 18.2 Å². The SMILES string of the molecule is CNS(=O)(=O)c1ccccc1C(C#N)CBr. The van der Waals surface area contributed by atoms with Gasteiger partial charge < -0.3 is 0 Å². The number of rotatable bonds is 4. The summed E-state index contributed by atoms with van der Waals surface area (Å²) in [7, 11) is -2.17. The number of nitrogens with zero attached hydrogens (tertiary/aromatic N) is 1. The van der Waals surface area contributed by atoms with Gasteiger partial charge in [0.05, 0.1) is 16.9 Å². The van der Waals surface area contributed by atoms with Crippen molar-refractivity contribution < 1.29 is 8.42 Å². The van der Waals surface area contributed by atoms with Gasteiger partial charge in [0, 0.05) is 5.33 Å². The maximum atomic E-state index is 11.7. The number of hydrogen-bond acceptors (Lipinski definition) is 3. The molecule has 4 nitrogen and oxygen atoms in total. The van der Waals surface area contributed by atoms with E-state index in [4.69, 9.17) is 5.26 Å². The third kappa shape index (κ3) is 2.61. The first-order valence-corrected chi connectivity index (χ1v) is 7.15. The van der Waals surface area contributed by atoms with Gasteiger partial charge in [-0.15, -0.1) is 0 Å². The first kappa shape index (κ1) is 13.2. The molecule has 0 fully saturated rings. The molecule has 0 aliphatic heterocycles. The molecule has 0 heterocycles. The highest BCUT2D eigenvalue weighted by molar-refractivity contribution is 9.09. The molecule has 1 unspecified atom stereocenters. The highest BCUT2D eigenvalue weighted by Gasteiger charge is 2.21. The van der Waals surface area contributed by atoms with Gasteiger partial charge in [0.1, 0.15) is 0 Å². The molecule has 0 amide bonds. The van der Waals surface area contributed by atoms with Crippen molar-refractivity contribution in [3.05, 3.63) is 29.8 Å². The number of sulfonamides is 1. The van der Waals surface area contributed by atoms with E-state index in [1.807, 2.05) is 0 Å². The summed E-state index contributed by atoms with van der Waals surface area (Å²) in [6.07, 6.45) is 0. The average molecular weight is 303 g/mol.